The number of benzene rings is 4. The predicted octanol–water partition coefficient (Wildman–Crippen LogP) is 4.82. The third kappa shape index (κ3) is 3.80. The van der Waals surface area contributed by atoms with Crippen LogP contribution in [0, 0.1) is 0 Å². The molecule has 37 heavy (non-hydrogen) atoms. The zero-order valence-electron chi connectivity index (χ0n) is 20.3. The Morgan fingerprint density at radius 1 is 0.919 bits per heavy atom. The normalized spacial score (nSPS) is 15.2. The summed E-state index contributed by atoms with van der Waals surface area (Å²) in [6, 6.07) is 23.1. The van der Waals surface area contributed by atoms with Crippen molar-refractivity contribution < 1.29 is 18.0 Å². The molecule has 0 saturated heterocycles. The van der Waals surface area contributed by atoms with E-state index in [0.717, 1.165) is 22.0 Å². The second-order valence-electron chi connectivity index (χ2n) is 9.25. The molecular formula is C29H25N3O4S. The first-order valence-corrected chi connectivity index (χ1v) is 13.7. The van der Waals surface area contributed by atoms with E-state index in [1.165, 1.54) is 34.1 Å². The van der Waals surface area contributed by atoms with Crippen molar-refractivity contribution in [1.82, 2.24) is 4.31 Å². The highest BCUT2D eigenvalue weighted by atomic mass is 32.2. The summed E-state index contributed by atoms with van der Waals surface area (Å²) in [6.07, 6.45) is 0.673. The van der Waals surface area contributed by atoms with E-state index in [-0.39, 0.29) is 16.7 Å². The topological polar surface area (TPSA) is 86.8 Å². The second-order valence-corrected chi connectivity index (χ2v) is 11.2. The molecule has 4 aromatic carbocycles. The molecule has 1 N–H and O–H groups in total. The SMILES string of the molecule is CCN1C(=O)c2cccc3c(NC(=O)c4ccc(S(=O)(=O)N5CCc6ccccc6C5)cc4)ccc1c23. The van der Waals surface area contributed by atoms with Crippen molar-refractivity contribution in [3.05, 3.63) is 101 Å². The van der Waals surface area contributed by atoms with E-state index in [1.54, 1.807) is 17.0 Å². The van der Waals surface area contributed by atoms with Gasteiger partial charge in [0.25, 0.3) is 11.8 Å². The summed E-state index contributed by atoms with van der Waals surface area (Å²) in [7, 11) is -3.69. The van der Waals surface area contributed by atoms with Crippen LogP contribution in [0.2, 0.25) is 0 Å². The summed E-state index contributed by atoms with van der Waals surface area (Å²) in [5, 5.41) is 4.55. The highest BCUT2D eigenvalue weighted by Crippen LogP contribution is 2.40. The van der Waals surface area contributed by atoms with Crippen LogP contribution in [0.1, 0.15) is 38.8 Å². The molecule has 0 saturated carbocycles. The number of anilines is 2. The molecular weight excluding hydrogens is 486 g/mol. The lowest BCUT2D eigenvalue weighted by Gasteiger charge is -2.28. The Morgan fingerprint density at radius 3 is 2.43 bits per heavy atom. The number of nitrogens with one attached hydrogen (secondary N) is 1. The number of hydrogen-bond donors (Lipinski definition) is 1. The lowest BCUT2D eigenvalue weighted by molar-refractivity contribution is 0.0992. The maximum absolute atomic E-state index is 13.3. The molecule has 7 nitrogen and oxygen atoms in total. The quantitative estimate of drug-likeness (QED) is 0.416. The van der Waals surface area contributed by atoms with E-state index >= 15 is 0 Å². The fourth-order valence-electron chi connectivity index (χ4n) is 5.27. The van der Waals surface area contributed by atoms with Crippen molar-refractivity contribution in [2.45, 2.75) is 24.8 Å². The maximum atomic E-state index is 13.3. The van der Waals surface area contributed by atoms with Crippen LogP contribution in [0.3, 0.4) is 0 Å². The summed E-state index contributed by atoms with van der Waals surface area (Å²) in [6.45, 7) is 3.25. The Balaban J connectivity index is 1.24. The fourth-order valence-corrected chi connectivity index (χ4v) is 6.68. The summed E-state index contributed by atoms with van der Waals surface area (Å²) in [4.78, 5) is 27.7. The van der Waals surface area contributed by atoms with E-state index < -0.39 is 10.0 Å². The van der Waals surface area contributed by atoms with Gasteiger partial charge in [0, 0.05) is 47.2 Å². The number of carbonyl (C=O) groups is 2. The van der Waals surface area contributed by atoms with Gasteiger partial charge < -0.3 is 10.2 Å². The van der Waals surface area contributed by atoms with E-state index in [1.807, 2.05) is 49.4 Å². The molecule has 0 aromatic heterocycles. The van der Waals surface area contributed by atoms with Crippen LogP contribution in [-0.4, -0.2) is 37.6 Å². The Kier molecular flexibility index (Phi) is 5.58. The van der Waals surface area contributed by atoms with Gasteiger partial charge >= 0.3 is 0 Å². The van der Waals surface area contributed by atoms with Gasteiger partial charge in [-0.3, -0.25) is 9.59 Å². The minimum absolute atomic E-state index is 0.0411. The van der Waals surface area contributed by atoms with Gasteiger partial charge in [0.15, 0.2) is 0 Å². The van der Waals surface area contributed by atoms with Crippen molar-refractivity contribution in [2.24, 2.45) is 0 Å². The first-order chi connectivity index (χ1) is 17.9. The largest absolute Gasteiger partial charge is 0.321 e. The highest BCUT2D eigenvalue weighted by molar-refractivity contribution is 7.89. The van der Waals surface area contributed by atoms with Crippen LogP contribution >= 0.6 is 0 Å². The second kappa shape index (κ2) is 8.83. The Labute approximate surface area is 215 Å². The van der Waals surface area contributed by atoms with Crippen molar-refractivity contribution in [1.29, 1.82) is 0 Å². The molecule has 6 rings (SSSR count). The van der Waals surface area contributed by atoms with Gasteiger partial charge in [-0.2, -0.15) is 4.31 Å². The van der Waals surface area contributed by atoms with Crippen molar-refractivity contribution in [3.63, 3.8) is 0 Å². The summed E-state index contributed by atoms with van der Waals surface area (Å²) in [5.74, 6) is -0.395. The third-order valence-electron chi connectivity index (χ3n) is 7.20. The molecule has 0 fully saturated rings. The highest BCUT2D eigenvalue weighted by Gasteiger charge is 2.30. The van der Waals surface area contributed by atoms with Gasteiger partial charge in [-0.1, -0.05) is 36.4 Å². The smallest absolute Gasteiger partial charge is 0.258 e. The minimum atomic E-state index is -3.69. The van der Waals surface area contributed by atoms with Gasteiger partial charge in [-0.15, -0.1) is 0 Å². The number of carbonyl (C=O) groups excluding carboxylic acids is 2. The molecule has 0 atom stereocenters. The zero-order valence-corrected chi connectivity index (χ0v) is 21.1. The van der Waals surface area contributed by atoms with Crippen LogP contribution < -0.4 is 10.2 Å². The maximum Gasteiger partial charge on any atom is 0.258 e. The summed E-state index contributed by atoms with van der Waals surface area (Å²) >= 11 is 0. The predicted molar refractivity (Wildman–Crippen MR) is 143 cm³/mol. The number of hydrogen-bond acceptors (Lipinski definition) is 4. The monoisotopic (exact) mass is 511 g/mol. The first-order valence-electron chi connectivity index (χ1n) is 12.2. The van der Waals surface area contributed by atoms with E-state index in [2.05, 4.69) is 5.32 Å². The molecule has 8 heteroatoms. The van der Waals surface area contributed by atoms with Gasteiger partial charge in [-0.05, 0) is 66.9 Å². The van der Waals surface area contributed by atoms with Crippen molar-refractivity contribution in [2.75, 3.05) is 23.3 Å². The van der Waals surface area contributed by atoms with Crippen molar-refractivity contribution in [3.8, 4) is 0 Å². The average Bonchev–Trinajstić information content (AvgIpc) is 3.21. The summed E-state index contributed by atoms with van der Waals surface area (Å²) < 4.78 is 28.0. The zero-order chi connectivity index (χ0) is 25.7. The molecule has 2 aliphatic rings. The first kappa shape index (κ1) is 23.4. The lowest BCUT2D eigenvalue weighted by Crippen LogP contribution is -2.35. The van der Waals surface area contributed by atoms with E-state index in [9.17, 15) is 18.0 Å². The standard InChI is InChI=1S/C29H25N3O4S/c1-2-32-26-15-14-25(23-8-5-9-24(27(23)26)29(32)34)30-28(33)20-10-12-22(13-11-20)37(35,36)31-17-16-19-6-3-4-7-21(19)18-31/h3-15H,2,16-18H2,1H3,(H,30,33). The molecule has 186 valence electrons. The van der Waals surface area contributed by atoms with E-state index in [4.69, 9.17) is 0 Å². The lowest BCUT2D eigenvalue weighted by atomic mass is 10.0. The Bertz CT molecular complexity index is 1680. The van der Waals surface area contributed by atoms with Crippen LogP contribution in [0.4, 0.5) is 11.4 Å². The number of fused-ring (bicyclic) bond motifs is 1. The number of amides is 2. The summed E-state index contributed by atoms with van der Waals surface area (Å²) in [5.41, 5.74) is 4.60. The molecule has 2 heterocycles. The molecule has 4 aromatic rings. The van der Waals surface area contributed by atoms with Crippen LogP contribution in [0.25, 0.3) is 10.8 Å². The Hall–Kier alpha value is -4.01. The molecule has 0 unspecified atom stereocenters. The number of nitrogens with zero attached hydrogens (tertiary/aromatic N) is 2. The number of sulfonamides is 1. The van der Waals surface area contributed by atoms with Gasteiger partial charge in [0.05, 0.1) is 10.6 Å². The molecule has 2 aliphatic heterocycles. The van der Waals surface area contributed by atoms with Crippen LogP contribution in [-0.2, 0) is 23.0 Å². The number of rotatable bonds is 5. The Morgan fingerprint density at radius 2 is 1.68 bits per heavy atom. The average molecular weight is 512 g/mol. The van der Waals surface area contributed by atoms with E-state index in [0.29, 0.717) is 42.9 Å². The molecule has 0 aliphatic carbocycles. The third-order valence-corrected chi connectivity index (χ3v) is 9.06. The molecule has 0 radical (unpaired) electrons. The molecule has 0 bridgehead atoms. The van der Waals surface area contributed by atoms with Crippen molar-refractivity contribution >= 4 is 44.0 Å². The van der Waals surface area contributed by atoms with Crippen LogP contribution in [0.15, 0.2) is 83.8 Å². The van der Waals surface area contributed by atoms with Crippen LogP contribution in [0.5, 0.6) is 0 Å². The van der Waals surface area contributed by atoms with Gasteiger partial charge in [0.2, 0.25) is 10.0 Å². The van der Waals surface area contributed by atoms with Gasteiger partial charge in [0.1, 0.15) is 0 Å². The van der Waals surface area contributed by atoms with Gasteiger partial charge in [-0.25, -0.2) is 8.42 Å². The molecule has 0 spiro atoms. The fraction of sp³-hybridized carbons (Fsp3) is 0.172. The minimum Gasteiger partial charge on any atom is -0.321 e. The molecule has 2 amide bonds.